The molecule has 0 spiro atoms. The van der Waals surface area contributed by atoms with Crippen LogP contribution in [0.4, 0.5) is 5.69 Å². The van der Waals surface area contributed by atoms with Crippen molar-refractivity contribution >= 4 is 23.4 Å². The summed E-state index contributed by atoms with van der Waals surface area (Å²) < 4.78 is 0. The van der Waals surface area contributed by atoms with Crippen molar-refractivity contribution in [2.75, 3.05) is 11.1 Å². The Morgan fingerprint density at radius 3 is 2.64 bits per heavy atom. The fourth-order valence-electron chi connectivity index (χ4n) is 2.35. The van der Waals surface area contributed by atoms with E-state index in [1.165, 1.54) is 22.3 Å². The van der Waals surface area contributed by atoms with Crippen LogP contribution in [-0.2, 0) is 17.0 Å². The van der Waals surface area contributed by atoms with Crippen LogP contribution in [-0.4, -0.2) is 11.7 Å². The second-order valence-electron chi connectivity index (χ2n) is 5.48. The number of thioether (sulfide) groups is 1. The maximum absolute atomic E-state index is 12.1. The maximum atomic E-state index is 12.1. The Hall–Kier alpha value is -1.74. The Balaban J connectivity index is 1.87. The Kier molecular flexibility index (Phi) is 6.08. The number of nitrogens with one attached hydrogen (secondary N) is 1. The molecule has 0 unspecified atom stereocenters. The number of amides is 1. The van der Waals surface area contributed by atoms with Crippen LogP contribution in [0.2, 0.25) is 0 Å². The maximum Gasteiger partial charge on any atom is 0.234 e. The van der Waals surface area contributed by atoms with Gasteiger partial charge in [-0.15, -0.1) is 11.8 Å². The average molecular weight is 313 g/mol. The van der Waals surface area contributed by atoms with E-state index in [9.17, 15) is 4.79 Å². The number of carbonyl (C=O) groups excluding carboxylic acids is 1. The molecule has 2 rings (SSSR count). The van der Waals surface area contributed by atoms with Crippen LogP contribution in [0.15, 0.2) is 42.5 Å². The predicted octanol–water partition coefficient (Wildman–Crippen LogP) is 4.74. The third-order valence-electron chi connectivity index (χ3n) is 3.67. The zero-order chi connectivity index (χ0) is 15.9. The van der Waals surface area contributed by atoms with Crippen molar-refractivity contribution in [1.29, 1.82) is 0 Å². The number of hydrogen-bond acceptors (Lipinski definition) is 2. The molecule has 0 fully saturated rings. The van der Waals surface area contributed by atoms with Gasteiger partial charge in [0.05, 0.1) is 5.75 Å². The van der Waals surface area contributed by atoms with Crippen molar-refractivity contribution < 1.29 is 4.79 Å². The van der Waals surface area contributed by atoms with E-state index in [4.69, 9.17) is 0 Å². The first kappa shape index (κ1) is 16.6. The second-order valence-corrected chi connectivity index (χ2v) is 6.47. The molecule has 0 bridgehead atoms. The largest absolute Gasteiger partial charge is 0.325 e. The molecule has 0 aliphatic carbocycles. The number of aryl methyl sites for hydroxylation is 3. The summed E-state index contributed by atoms with van der Waals surface area (Å²) in [5, 5.41) is 3.01. The van der Waals surface area contributed by atoms with E-state index in [0.717, 1.165) is 17.9 Å². The van der Waals surface area contributed by atoms with Gasteiger partial charge in [-0.05, 0) is 43.0 Å². The van der Waals surface area contributed by atoms with Gasteiger partial charge >= 0.3 is 0 Å². The van der Waals surface area contributed by atoms with Crippen molar-refractivity contribution in [3.05, 3.63) is 64.7 Å². The highest BCUT2D eigenvalue weighted by Crippen LogP contribution is 2.19. The van der Waals surface area contributed by atoms with Gasteiger partial charge in [-0.3, -0.25) is 4.79 Å². The van der Waals surface area contributed by atoms with Crippen molar-refractivity contribution in [1.82, 2.24) is 0 Å². The molecule has 1 amide bonds. The predicted molar refractivity (Wildman–Crippen MR) is 96.5 cm³/mol. The van der Waals surface area contributed by atoms with Gasteiger partial charge in [0.1, 0.15) is 0 Å². The monoisotopic (exact) mass is 313 g/mol. The Bertz CT molecular complexity index is 652. The lowest BCUT2D eigenvalue weighted by Crippen LogP contribution is -2.15. The van der Waals surface area contributed by atoms with Gasteiger partial charge < -0.3 is 5.32 Å². The Labute approximate surface area is 137 Å². The van der Waals surface area contributed by atoms with Crippen LogP contribution in [0.3, 0.4) is 0 Å². The number of rotatable bonds is 6. The van der Waals surface area contributed by atoms with Gasteiger partial charge in [0, 0.05) is 11.4 Å². The summed E-state index contributed by atoms with van der Waals surface area (Å²) in [7, 11) is 0. The quantitative estimate of drug-likeness (QED) is 0.834. The molecule has 0 radical (unpaired) electrons. The topological polar surface area (TPSA) is 29.1 Å². The van der Waals surface area contributed by atoms with Crippen LogP contribution < -0.4 is 5.32 Å². The molecule has 0 aliphatic rings. The molecule has 2 aromatic rings. The number of hydrogen-bond donors (Lipinski definition) is 1. The molecule has 3 heteroatoms. The Morgan fingerprint density at radius 1 is 1.09 bits per heavy atom. The van der Waals surface area contributed by atoms with Crippen LogP contribution in [0.1, 0.15) is 29.2 Å². The summed E-state index contributed by atoms with van der Waals surface area (Å²) in [4.78, 5) is 12.1. The van der Waals surface area contributed by atoms with Crippen molar-refractivity contribution in [3.8, 4) is 0 Å². The van der Waals surface area contributed by atoms with Crippen LogP contribution in [0.5, 0.6) is 0 Å². The van der Waals surface area contributed by atoms with Gasteiger partial charge in [0.2, 0.25) is 5.91 Å². The molecule has 0 heterocycles. The van der Waals surface area contributed by atoms with Gasteiger partial charge in [0.25, 0.3) is 0 Å². The lowest BCUT2D eigenvalue weighted by atomic mass is 10.1. The number of carbonyl (C=O) groups is 1. The van der Waals surface area contributed by atoms with Crippen molar-refractivity contribution in [3.63, 3.8) is 0 Å². The summed E-state index contributed by atoms with van der Waals surface area (Å²) in [6.45, 7) is 6.31. The molecule has 2 nitrogen and oxygen atoms in total. The highest BCUT2D eigenvalue weighted by atomic mass is 32.2. The van der Waals surface area contributed by atoms with E-state index < -0.39 is 0 Å². The Morgan fingerprint density at radius 2 is 1.86 bits per heavy atom. The molecule has 0 aromatic heterocycles. The molecule has 0 saturated carbocycles. The van der Waals surface area contributed by atoms with Gasteiger partial charge in [-0.2, -0.15) is 0 Å². The first-order valence-electron chi connectivity index (χ1n) is 7.61. The van der Waals surface area contributed by atoms with Gasteiger partial charge in [-0.25, -0.2) is 0 Å². The van der Waals surface area contributed by atoms with Crippen LogP contribution >= 0.6 is 11.8 Å². The fraction of sp³-hybridized carbons (Fsp3) is 0.316. The summed E-state index contributed by atoms with van der Waals surface area (Å²) in [5.74, 6) is 1.41. The first-order valence-corrected chi connectivity index (χ1v) is 8.77. The molecule has 2 aromatic carbocycles. The minimum Gasteiger partial charge on any atom is -0.325 e. The molecule has 0 aliphatic heterocycles. The SMILES string of the molecule is CCc1ccccc1NC(=O)CSCc1cc(C)ccc1C. The van der Waals surface area contributed by atoms with Crippen molar-refractivity contribution in [2.24, 2.45) is 0 Å². The van der Waals surface area contributed by atoms with Gasteiger partial charge in [-0.1, -0.05) is 48.9 Å². The molecular weight excluding hydrogens is 290 g/mol. The molecule has 22 heavy (non-hydrogen) atoms. The normalized spacial score (nSPS) is 10.5. The molecule has 0 saturated heterocycles. The lowest BCUT2D eigenvalue weighted by molar-refractivity contribution is -0.113. The van der Waals surface area contributed by atoms with E-state index in [0.29, 0.717) is 5.75 Å². The summed E-state index contributed by atoms with van der Waals surface area (Å²) in [6.07, 6.45) is 0.923. The third kappa shape index (κ3) is 4.63. The highest BCUT2D eigenvalue weighted by Gasteiger charge is 2.06. The first-order chi connectivity index (χ1) is 10.6. The summed E-state index contributed by atoms with van der Waals surface area (Å²) in [6, 6.07) is 14.4. The second kappa shape index (κ2) is 8.04. The van der Waals surface area contributed by atoms with Crippen molar-refractivity contribution in [2.45, 2.75) is 32.9 Å². The zero-order valence-electron chi connectivity index (χ0n) is 13.5. The van der Waals surface area contributed by atoms with E-state index >= 15 is 0 Å². The van der Waals surface area contributed by atoms with E-state index in [2.05, 4.69) is 50.4 Å². The number of anilines is 1. The fourth-order valence-corrected chi connectivity index (χ4v) is 3.24. The molecule has 116 valence electrons. The third-order valence-corrected chi connectivity index (χ3v) is 4.65. The molecule has 1 N–H and O–H groups in total. The number of benzene rings is 2. The van der Waals surface area contributed by atoms with Crippen LogP contribution in [0.25, 0.3) is 0 Å². The minimum atomic E-state index is 0.0659. The number of para-hydroxylation sites is 1. The summed E-state index contributed by atoms with van der Waals surface area (Å²) >= 11 is 1.66. The molecular formula is C19H23NOS. The smallest absolute Gasteiger partial charge is 0.234 e. The zero-order valence-corrected chi connectivity index (χ0v) is 14.3. The lowest BCUT2D eigenvalue weighted by Gasteiger charge is -2.10. The van der Waals surface area contributed by atoms with E-state index in [1.807, 2.05) is 18.2 Å². The van der Waals surface area contributed by atoms with E-state index in [-0.39, 0.29) is 5.91 Å². The average Bonchev–Trinajstić information content (AvgIpc) is 2.51. The van der Waals surface area contributed by atoms with Crippen LogP contribution in [0, 0.1) is 13.8 Å². The minimum absolute atomic E-state index is 0.0659. The van der Waals surface area contributed by atoms with E-state index in [1.54, 1.807) is 11.8 Å². The highest BCUT2D eigenvalue weighted by molar-refractivity contribution is 7.99. The standard InChI is InChI=1S/C19H23NOS/c1-4-16-7-5-6-8-18(16)20-19(21)13-22-12-17-11-14(2)9-10-15(17)3/h5-11H,4,12-13H2,1-3H3,(H,20,21). The summed E-state index contributed by atoms with van der Waals surface area (Å²) in [5.41, 5.74) is 5.97. The molecule has 0 atom stereocenters. The van der Waals surface area contributed by atoms with Gasteiger partial charge in [0.15, 0.2) is 0 Å².